The van der Waals surface area contributed by atoms with Gasteiger partial charge in [0, 0.05) is 29.0 Å². The molecule has 0 saturated heterocycles. The van der Waals surface area contributed by atoms with Crippen LogP contribution in [0.1, 0.15) is 32.3 Å². The summed E-state index contributed by atoms with van der Waals surface area (Å²) in [5.41, 5.74) is 3.44. The van der Waals surface area contributed by atoms with Crippen molar-refractivity contribution in [3.8, 4) is 0 Å². The lowest BCUT2D eigenvalue weighted by Gasteiger charge is -2.08. The number of aryl methyl sites for hydroxylation is 3. The molecule has 0 bridgehead atoms. The van der Waals surface area contributed by atoms with Crippen LogP contribution in [0, 0.1) is 20.8 Å². The van der Waals surface area contributed by atoms with Crippen LogP contribution in [0.5, 0.6) is 0 Å². The minimum Gasteiger partial charge on any atom is -0.321 e. The molecule has 0 spiro atoms. The molecule has 1 N–H and O–H groups in total. The number of pyridine rings is 1. The van der Waals surface area contributed by atoms with Crippen LogP contribution in [0.4, 0.5) is 5.69 Å². The number of fused-ring (bicyclic) bond motifs is 1. The van der Waals surface area contributed by atoms with Crippen LogP contribution in [-0.2, 0) is 6.54 Å². The van der Waals surface area contributed by atoms with Gasteiger partial charge in [-0.1, -0.05) is 18.2 Å². The fourth-order valence-corrected chi connectivity index (χ4v) is 4.53. The molecule has 6 nitrogen and oxygen atoms in total. The molecule has 3 heterocycles. The van der Waals surface area contributed by atoms with Crippen molar-refractivity contribution in [3.63, 3.8) is 0 Å². The molecule has 0 saturated carbocycles. The number of benzene rings is 1. The van der Waals surface area contributed by atoms with Gasteiger partial charge in [0.15, 0.2) is 0 Å². The smallest absolute Gasteiger partial charge is 0.266 e. The Hall–Kier alpha value is -3.32. The van der Waals surface area contributed by atoms with E-state index in [-0.39, 0.29) is 11.5 Å². The van der Waals surface area contributed by atoms with Crippen molar-refractivity contribution in [1.82, 2.24) is 14.5 Å². The lowest BCUT2D eigenvalue weighted by molar-refractivity contribution is 0.103. The van der Waals surface area contributed by atoms with Crippen molar-refractivity contribution >= 4 is 33.1 Å². The van der Waals surface area contributed by atoms with Crippen LogP contribution in [0.3, 0.4) is 0 Å². The lowest BCUT2D eigenvalue weighted by atomic mass is 10.1. The summed E-state index contributed by atoms with van der Waals surface area (Å²) >= 11 is 1.38. The van der Waals surface area contributed by atoms with Gasteiger partial charge in [-0.05, 0) is 50.1 Å². The van der Waals surface area contributed by atoms with Gasteiger partial charge in [-0.2, -0.15) is 0 Å². The van der Waals surface area contributed by atoms with Crippen molar-refractivity contribution in [3.05, 3.63) is 86.5 Å². The Morgan fingerprint density at radius 2 is 1.83 bits per heavy atom. The summed E-state index contributed by atoms with van der Waals surface area (Å²) in [5.74, 6) is 0.547. The summed E-state index contributed by atoms with van der Waals surface area (Å²) in [4.78, 5) is 35.0. The Morgan fingerprint density at radius 3 is 2.55 bits per heavy atom. The van der Waals surface area contributed by atoms with Gasteiger partial charge in [0.2, 0.25) is 0 Å². The third kappa shape index (κ3) is 3.82. The lowest BCUT2D eigenvalue weighted by Crippen LogP contribution is -2.18. The standard InChI is InChI=1S/C22H20N4O2S/c1-13-19-14(2)23-15(3)24-22(19)29-20(13)21(28)25-17-9-7-16(8-10-17)12-26-11-5-4-6-18(26)27/h4-11H,12H2,1-3H3,(H,25,28). The molecule has 0 aliphatic rings. The number of aromatic nitrogens is 3. The predicted octanol–water partition coefficient (Wildman–Crippen LogP) is 4.08. The number of nitrogens with zero attached hydrogens (tertiary/aromatic N) is 3. The van der Waals surface area contributed by atoms with Gasteiger partial charge in [0.05, 0.1) is 11.4 Å². The molecular formula is C22H20N4O2S. The minimum absolute atomic E-state index is 0.0428. The molecule has 0 atom stereocenters. The third-order valence-corrected chi connectivity index (χ3v) is 5.94. The van der Waals surface area contributed by atoms with Gasteiger partial charge in [0.25, 0.3) is 11.5 Å². The molecule has 29 heavy (non-hydrogen) atoms. The molecule has 7 heteroatoms. The van der Waals surface area contributed by atoms with Gasteiger partial charge in [-0.3, -0.25) is 9.59 Å². The summed E-state index contributed by atoms with van der Waals surface area (Å²) in [5, 5.41) is 3.90. The minimum atomic E-state index is -0.158. The first-order valence-electron chi connectivity index (χ1n) is 9.22. The van der Waals surface area contributed by atoms with E-state index in [0.717, 1.165) is 27.0 Å². The second-order valence-electron chi connectivity index (χ2n) is 6.91. The number of thiophene rings is 1. The first-order valence-corrected chi connectivity index (χ1v) is 10.0. The maximum Gasteiger partial charge on any atom is 0.266 e. The van der Waals surface area contributed by atoms with Crippen LogP contribution in [0.2, 0.25) is 0 Å². The van der Waals surface area contributed by atoms with Crippen molar-refractivity contribution in [2.75, 3.05) is 5.32 Å². The number of carbonyl (C=O) groups is 1. The molecule has 0 fully saturated rings. The zero-order chi connectivity index (χ0) is 20.5. The van der Waals surface area contributed by atoms with Crippen molar-refractivity contribution < 1.29 is 4.79 Å². The van der Waals surface area contributed by atoms with E-state index in [1.807, 2.05) is 51.1 Å². The average Bonchev–Trinajstić information content (AvgIpc) is 3.02. The van der Waals surface area contributed by atoms with Crippen molar-refractivity contribution in [2.45, 2.75) is 27.3 Å². The van der Waals surface area contributed by atoms with E-state index >= 15 is 0 Å². The average molecular weight is 404 g/mol. The number of amides is 1. The summed E-state index contributed by atoms with van der Waals surface area (Å²) in [7, 11) is 0. The van der Waals surface area contributed by atoms with Gasteiger partial charge < -0.3 is 9.88 Å². The number of nitrogens with one attached hydrogen (secondary N) is 1. The highest BCUT2D eigenvalue weighted by atomic mass is 32.1. The Kier molecular flexibility index (Phi) is 4.98. The van der Waals surface area contributed by atoms with Crippen molar-refractivity contribution in [1.29, 1.82) is 0 Å². The Morgan fingerprint density at radius 1 is 1.07 bits per heavy atom. The topological polar surface area (TPSA) is 76.9 Å². The number of anilines is 1. The summed E-state index contributed by atoms with van der Waals surface area (Å²) in [6, 6.07) is 12.6. The molecule has 146 valence electrons. The normalized spacial score (nSPS) is 11.0. The monoisotopic (exact) mass is 404 g/mol. The maximum absolute atomic E-state index is 12.8. The number of carbonyl (C=O) groups excluding carboxylic acids is 1. The molecule has 1 aromatic carbocycles. The predicted molar refractivity (Wildman–Crippen MR) is 116 cm³/mol. The number of hydrogen-bond donors (Lipinski definition) is 1. The second kappa shape index (κ2) is 7.60. The van der Waals surface area contributed by atoms with E-state index in [1.54, 1.807) is 16.8 Å². The third-order valence-electron chi connectivity index (χ3n) is 4.75. The molecular weight excluding hydrogens is 384 g/mol. The first kappa shape index (κ1) is 19.0. The van der Waals surface area contributed by atoms with Crippen LogP contribution in [-0.4, -0.2) is 20.4 Å². The molecule has 0 unspecified atom stereocenters. The highest BCUT2D eigenvalue weighted by molar-refractivity contribution is 7.20. The highest BCUT2D eigenvalue weighted by Crippen LogP contribution is 2.31. The largest absolute Gasteiger partial charge is 0.321 e. The van der Waals surface area contributed by atoms with Crippen LogP contribution < -0.4 is 10.9 Å². The maximum atomic E-state index is 12.8. The number of rotatable bonds is 4. The summed E-state index contributed by atoms with van der Waals surface area (Å²) in [6.07, 6.45) is 1.76. The van der Waals surface area contributed by atoms with Gasteiger partial charge >= 0.3 is 0 Å². The van der Waals surface area contributed by atoms with Gasteiger partial charge in [-0.15, -0.1) is 11.3 Å². The van der Waals surface area contributed by atoms with Crippen LogP contribution >= 0.6 is 11.3 Å². The van der Waals surface area contributed by atoms with E-state index in [4.69, 9.17) is 0 Å². The summed E-state index contributed by atoms with van der Waals surface area (Å²) in [6.45, 7) is 6.21. The van der Waals surface area contributed by atoms with E-state index in [9.17, 15) is 9.59 Å². The zero-order valence-corrected chi connectivity index (χ0v) is 17.2. The van der Waals surface area contributed by atoms with Gasteiger partial charge in [-0.25, -0.2) is 9.97 Å². The Bertz CT molecular complexity index is 1270. The fourth-order valence-electron chi connectivity index (χ4n) is 3.36. The Labute approximate surface area is 171 Å². The quantitative estimate of drug-likeness (QED) is 0.556. The molecule has 0 aliphatic heterocycles. The molecule has 3 aromatic heterocycles. The Balaban J connectivity index is 1.54. The molecule has 4 rings (SSSR count). The molecule has 0 aliphatic carbocycles. The van der Waals surface area contributed by atoms with E-state index in [0.29, 0.717) is 22.9 Å². The fraction of sp³-hybridized carbons (Fsp3) is 0.182. The first-order chi connectivity index (χ1) is 13.9. The summed E-state index contributed by atoms with van der Waals surface area (Å²) < 4.78 is 1.64. The SMILES string of the molecule is Cc1nc(C)c2c(C)c(C(=O)Nc3ccc(Cn4ccccc4=O)cc3)sc2n1. The van der Waals surface area contributed by atoms with Gasteiger partial charge in [0.1, 0.15) is 10.7 Å². The van der Waals surface area contributed by atoms with Crippen LogP contribution in [0.15, 0.2) is 53.5 Å². The molecule has 4 aromatic rings. The number of hydrogen-bond acceptors (Lipinski definition) is 5. The van der Waals surface area contributed by atoms with E-state index in [2.05, 4.69) is 15.3 Å². The van der Waals surface area contributed by atoms with E-state index in [1.165, 1.54) is 17.4 Å². The zero-order valence-electron chi connectivity index (χ0n) is 16.4. The van der Waals surface area contributed by atoms with Crippen molar-refractivity contribution in [2.24, 2.45) is 0 Å². The van der Waals surface area contributed by atoms with E-state index < -0.39 is 0 Å². The molecule has 1 amide bonds. The molecule has 0 radical (unpaired) electrons. The second-order valence-corrected chi connectivity index (χ2v) is 7.91. The van der Waals surface area contributed by atoms with Crippen LogP contribution in [0.25, 0.3) is 10.2 Å². The highest BCUT2D eigenvalue weighted by Gasteiger charge is 2.18.